The Balaban J connectivity index is 2.10. The van der Waals surface area contributed by atoms with Crippen molar-refractivity contribution in [1.29, 1.82) is 0 Å². The molecule has 100 valence electrons. The predicted octanol–water partition coefficient (Wildman–Crippen LogP) is 4.62. The van der Waals surface area contributed by atoms with Crippen LogP contribution in [0.25, 0.3) is 0 Å². The van der Waals surface area contributed by atoms with E-state index >= 15 is 0 Å². The van der Waals surface area contributed by atoms with E-state index < -0.39 is 0 Å². The molecule has 0 spiro atoms. The summed E-state index contributed by atoms with van der Waals surface area (Å²) in [5.74, 6) is -0.267. The number of benzene rings is 1. The summed E-state index contributed by atoms with van der Waals surface area (Å²) in [4.78, 5) is 2.37. The highest BCUT2D eigenvalue weighted by molar-refractivity contribution is 9.09. The lowest BCUT2D eigenvalue weighted by Crippen LogP contribution is -2.34. The third-order valence-electron chi connectivity index (χ3n) is 3.62. The Morgan fingerprint density at radius 1 is 1.33 bits per heavy atom. The Kier molecular flexibility index (Phi) is 5.46. The van der Waals surface area contributed by atoms with Gasteiger partial charge in [0.25, 0.3) is 0 Å². The molecule has 0 aromatic heterocycles. The third kappa shape index (κ3) is 3.46. The fourth-order valence-electron chi connectivity index (χ4n) is 2.66. The Morgan fingerprint density at radius 2 is 2.06 bits per heavy atom. The van der Waals surface area contributed by atoms with Gasteiger partial charge >= 0.3 is 0 Å². The standard InChI is InChI=1S/C14H18BrClFN/c15-8-9-18(12-5-1-2-6-12)10-11-4-3-7-13(16)14(11)17/h3-4,7,12H,1-2,5-6,8-10H2. The van der Waals surface area contributed by atoms with Gasteiger partial charge in [-0.1, -0.05) is 52.5 Å². The van der Waals surface area contributed by atoms with Gasteiger partial charge in [0.05, 0.1) is 5.02 Å². The van der Waals surface area contributed by atoms with Crippen LogP contribution >= 0.6 is 27.5 Å². The van der Waals surface area contributed by atoms with E-state index in [4.69, 9.17) is 11.6 Å². The molecule has 1 saturated carbocycles. The van der Waals surface area contributed by atoms with Crippen LogP contribution in [0.3, 0.4) is 0 Å². The van der Waals surface area contributed by atoms with Crippen LogP contribution in [0.5, 0.6) is 0 Å². The molecule has 0 aliphatic heterocycles. The monoisotopic (exact) mass is 333 g/mol. The van der Waals surface area contributed by atoms with Crippen LogP contribution in [0.4, 0.5) is 4.39 Å². The molecule has 18 heavy (non-hydrogen) atoms. The molecule has 2 rings (SSSR count). The molecule has 1 fully saturated rings. The molecule has 1 aromatic rings. The number of hydrogen-bond donors (Lipinski definition) is 0. The average Bonchev–Trinajstić information content (AvgIpc) is 2.88. The molecule has 4 heteroatoms. The van der Waals surface area contributed by atoms with Crippen LogP contribution in [0.1, 0.15) is 31.2 Å². The number of nitrogens with zero attached hydrogens (tertiary/aromatic N) is 1. The maximum Gasteiger partial charge on any atom is 0.146 e. The van der Waals surface area contributed by atoms with Gasteiger partial charge in [-0.2, -0.15) is 0 Å². The molecule has 1 aliphatic rings. The minimum atomic E-state index is -0.267. The molecule has 0 N–H and O–H groups in total. The molecule has 0 saturated heterocycles. The first kappa shape index (κ1) is 14.3. The normalized spacial score (nSPS) is 16.7. The summed E-state index contributed by atoms with van der Waals surface area (Å²) in [7, 11) is 0. The van der Waals surface area contributed by atoms with Crippen molar-refractivity contribution in [1.82, 2.24) is 4.90 Å². The van der Waals surface area contributed by atoms with E-state index in [1.165, 1.54) is 25.7 Å². The zero-order chi connectivity index (χ0) is 13.0. The highest BCUT2D eigenvalue weighted by Crippen LogP contribution is 2.26. The molecule has 0 heterocycles. The highest BCUT2D eigenvalue weighted by atomic mass is 79.9. The number of halogens is 3. The van der Waals surface area contributed by atoms with Crippen molar-refractivity contribution in [2.45, 2.75) is 38.3 Å². The second-order valence-corrected chi connectivity index (χ2v) is 6.01. The molecule has 0 radical (unpaired) electrons. The zero-order valence-electron chi connectivity index (χ0n) is 10.3. The van der Waals surface area contributed by atoms with E-state index in [0.29, 0.717) is 18.2 Å². The molecule has 1 aromatic carbocycles. The molecule has 0 atom stereocenters. The summed E-state index contributed by atoms with van der Waals surface area (Å²) in [6.45, 7) is 1.61. The van der Waals surface area contributed by atoms with Crippen molar-refractivity contribution in [2.24, 2.45) is 0 Å². The Bertz CT molecular complexity index is 393. The Hall–Kier alpha value is -0.120. The van der Waals surface area contributed by atoms with Gasteiger partial charge in [0, 0.05) is 30.0 Å². The number of alkyl halides is 1. The van der Waals surface area contributed by atoms with Crippen molar-refractivity contribution in [2.75, 3.05) is 11.9 Å². The SMILES string of the molecule is Fc1c(Cl)cccc1CN(CCBr)C1CCCC1. The number of hydrogen-bond acceptors (Lipinski definition) is 1. The maximum absolute atomic E-state index is 13.9. The third-order valence-corrected chi connectivity index (χ3v) is 4.26. The molecule has 0 bridgehead atoms. The van der Waals surface area contributed by atoms with Gasteiger partial charge in [0.2, 0.25) is 0 Å². The molecular formula is C14H18BrClFN. The van der Waals surface area contributed by atoms with E-state index in [0.717, 1.165) is 11.9 Å². The lowest BCUT2D eigenvalue weighted by atomic mass is 10.1. The van der Waals surface area contributed by atoms with Gasteiger partial charge in [-0.3, -0.25) is 4.90 Å². The van der Waals surface area contributed by atoms with Crippen LogP contribution in [0, 0.1) is 5.82 Å². The second-order valence-electron chi connectivity index (χ2n) is 4.81. The fraction of sp³-hybridized carbons (Fsp3) is 0.571. The fourth-order valence-corrected chi connectivity index (χ4v) is 3.31. The van der Waals surface area contributed by atoms with Crippen molar-refractivity contribution in [3.8, 4) is 0 Å². The van der Waals surface area contributed by atoms with Crippen molar-refractivity contribution >= 4 is 27.5 Å². The summed E-state index contributed by atoms with van der Waals surface area (Å²) in [5, 5.41) is 1.14. The smallest absolute Gasteiger partial charge is 0.146 e. The van der Waals surface area contributed by atoms with Crippen LogP contribution < -0.4 is 0 Å². The zero-order valence-corrected chi connectivity index (χ0v) is 12.7. The quantitative estimate of drug-likeness (QED) is 0.710. The van der Waals surface area contributed by atoms with E-state index in [1.54, 1.807) is 6.07 Å². The minimum Gasteiger partial charge on any atom is -0.295 e. The highest BCUT2D eigenvalue weighted by Gasteiger charge is 2.23. The van der Waals surface area contributed by atoms with Crippen LogP contribution in [0.2, 0.25) is 5.02 Å². The minimum absolute atomic E-state index is 0.220. The van der Waals surface area contributed by atoms with E-state index in [-0.39, 0.29) is 10.8 Å². The first-order chi connectivity index (χ1) is 8.72. The molecular weight excluding hydrogens is 317 g/mol. The topological polar surface area (TPSA) is 3.24 Å². The Labute approximate surface area is 121 Å². The van der Waals surface area contributed by atoms with Crippen LogP contribution in [0.15, 0.2) is 18.2 Å². The van der Waals surface area contributed by atoms with Gasteiger partial charge in [0.1, 0.15) is 5.82 Å². The summed E-state index contributed by atoms with van der Waals surface area (Å²) < 4.78 is 13.9. The first-order valence-electron chi connectivity index (χ1n) is 6.45. The van der Waals surface area contributed by atoms with Gasteiger partial charge in [-0.15, -0.1) is 0 Å². The molecule has 0 amide bonds. The van der Waals surface area contributed by atoms with E-state index in [2.05, 4.69) is 20.8 Å². The van der Waals surface area contributed by atoms with E-state index in [1.807, 2.05) is 12.1 Å². The van der Waals surface area contributed by atoms with Crippen molar-refractivity contribution in [3.63, 3.8) is 0 Å². The summed E-state index contributed by atoms with van der Waals surface area (Å²) in [6, 6.07) is 5.85. The van der Waals surface area contributed by atoms with E-state index in [9.17, 15) is 4.39 Å². The second kappa shape index (κ2) is 6.88. The van der Waals surface area contributed by atoms with Gasteiger partial charge in [-0.25, -0.2) is 4.39 Å². The Morgan fingerprint density at radius 3 is 2.72 bits per heavy atom. The predicted molar refractivity (Wildman–Crippen MR) is 77.9 cm³/mol. The van der Waals surface area contributed by atoms with Gasteiger partial charge in [-0.05, 0) is 18.9 Å². The van der Waals surface area contributed by atoms with Crippen molar-refractivity contribution < 1.29 is 4.39 Å². The van der Waals surface area contributed by atoms with Crippen LogP contribution in [-0.2, 0) is 6.54 Å². The number of rotatable bonds is 5. The summed E-state index contributed by atoms with van der Waals surface area (Å²) in [6.07, 6.45) is 5.05. The van der Waals surface area contributed by atoms with Gasteiger partial charge < -0.3 is 0 Å². The summed E-state index contributed by atoms with van der Waals surface area (Å²) in [5.41, 5.74) is 0.704. The molecule has 1 aliphatic carbocycles. The molecule has 1 nitrogen and oxygen atoms in total. The van der Waals surface area contributed by atoms with Gasteiger partial charge in [0.15, 0.2) is 0 Å². The lowest BCUT2D eigenvalue weighted by Gasteiger charge is -2.28. The van der Waals surface area contributed by atoms with Crippen LogP contribution in [-0.4, -0.2) is 22.8 Å². The summed E-state index contributed by atoms with van der Waals surface area (Å²) >= 11 is 9.31. The molecule has 0 unspecified atom stereocenters. The first-order valence-corrected chi connectivity index (χ1v) is 7.95. The van der Waals surface area contributed by atoms with Crippen molar-refractivity contribution in [3.05, 3.63) is 34.6 Å². The lowest BCUT2D eigenvalue weighted by molar-refractivity contribution is 0.200. The maximum atomic E-state index is 13.9. The largest absolute Gasteiger partial charge is 0.295 e. The average molecular weight is 335 g/mol.